The second-order valence-corrected chi connectivity index (χ2v) is 5.13. The van der Waals surface area contributed by atoms with Crippen LogP contribution in [-0.4, -0.2) is 45.3 Å². The molecule has 7 heteroatoms. The van der Waals surface area contributed by atoms with Crippen molar-refractivity contribution in [3.63, 3.8) is 0 Å². The van der Waals surface area contributed by atoms with Gasteiger partial charge < -0.3 is 5.21 Å². The van der Waals surface area contributed by atoms with Gasteiger partial charge in [-0.05, 0) is 44.9 Å². The lowest BCUT2D eigenvalue weighted by Crippen LogP contribution is -2.57. The van der Waals surface area contributed by atoms with Crippen LogP contribution in [0.25, 0.3) is 0 Å². The van der Waals surface area contributed by atoms with Gasteiger partial charge in [0.15, 0.2) is 0 Å². The maximum absolute atomic E-state index is 12.8. The molecule has 2 heterocycles. The van der Waals surface area contributed by atoms with E-state index in [0.717, 1.165) is 0 Å². The average Bonchev–Trinajstić information content (AvgIpc) is 2.59. The Labute approximate surface area is 124 Å². The van der Waals surface area contributed by atoms with Crippen LogP contribution in [0.5, 0.6) is 0 Å². The van der Waals surface area contributed by atoms with E-state index >= 15 is 0 Å². The minimum absolute atomic E-state index is 0.170. The second-order valence-electron chi connectivity index (χ2n) is 5.13. The number of ether oxygens (including phenoxy) is 2. The molecule has 0 bridgehead atoms. The third-order valence-electron chi connectivity index (χ3n) is 3.38. The highest BCUT2D eigenvalue weighted by molar-refractivity contribution is 6.02. The average molecular weight is 294 g/mol. The van der Waals surface area contributed by atoms with Crippen molar-refractivity contribution in [3.8, 4) is 0 Å². The maximum atomic E-state index is 12.8. The van der Waals surface area contributed by atoms with Gasteiger partial charge in [-0.1, -0.05) is 6.07 Å². The van der Waals surface area contributed by atoms with E-state index in [1.807, 2.05) is 0 Å². The summed E-state index contributed by atoms with van der Waals surface area (Å²) in [7, 11) is 0. The number of nitrogens with zero attached hydrogens (tertiary/aromatic N) is 3. The van der Waals surface area contributed by atoms with E-state index in [2.05, 4.69) is 4.98 Å². The van der Waals surface area contributed by atoms with Gasteiger partial charge in [0.2, 0.25) is 5.71 Å². The fourth-order valence-corrected chi connectivity index (χ4v) is 2.49. The van der Waals surface area contributed by atoms with Crippen LogP contribution in [0, 0.1) is 5.21 Å². The summed E-state index contributed by atoms with van der Waals surface area (Å²) in [4.78, 5) is 4.17. The van der Waals surface area contributed by atoms with E-state index in [9.17, 15) is 10.4 Å². The summed E-state index contributed by atoms with van der Waals surface area (Å²) in [6.45, 7) is 7.04. The van der Waals surface area contributed by atoms with Gasteiger partial charge in [-0.25, -0.2) is 0 Å². The molecular weight excluding hydrogens is 274 g/mol. The molecule has 1 radical (unpaired) electrons. The Balaban J connectivity index is 2.62. The SMILES string of the molecule is CCOC1(OCC)N([O])C(C)(C)C(c2ccccn2)=[N+]1[O-]. The van der Waals surface area contributed by atoms with Gasteiger partial charge in [-0.15, -0.1) is 9.95 Å². The molecule has 0 atom stereocenters. The molecule has 21 heavy (non-hydrogen) atoms. The zero-order valence-electron chi connectivity index (χ0n) is 12.7. The van der Waals surface area contributed by atoms with Crippen molar-refractivity contribution >= 4 is 5.71 Å². The minimum Gasteiger partial charge on any atom is -0.618 e. The highest BCUT2D eigenvalue weighted by Gasteiger charge is 2.67. The zero-order chi connectivity index (χ0) is 15.7. The highest BCUT2D eigenvalue weighted by Crippen LogP contribution is 2.36. The summed E-state index contributed by atoms with van der Waals surface area (Å²) >= 11 is 0. The number of aromatic nitrogens is 1. The van der Waals surface area contributed by atoms with Crippen molar-refractivity contribution in [2.45, 2.75) is 39.3 Å². The highest BCUT2D eigenvalue weighted by atomic mass is 16.8. The van der Waals surface area contributed by atoms with Crippen molar-refractivity contribution in [2.75, 3.05) is 13.2 Å². The van der Waals surface area contributed by atoms with Crippen LogP contribution < -0.4 is 0 Å². The summed E-state index contributed by atoms with van der Waals surface area (Å²) in [5.41, 5.74) is -0.472. The molecule has 115 valence electrons. The van der Waals surface area contributed by atoms with E-state index < -0.39 is 11.6 Å². The molecule has 1 aliphatic rings. The molecule has 0 N–H and O–H groups in total. The van der Waals surface area contributed by atoms with Crippen LogP contribution in [0.15, 0.2) is 24.4 Å². The Hall–Kier alpha value is -1.54. The second kappa shape index (κ2) is 5.69. The number of hydrogen-bond acceptors (Lipinski definition) is 5. The maximum Gasteiger partial charge on any atom is 0.495 e. The predicted octanol–water partition coefficient (Wildman–Crippen LogP) is 1.51. The molecule has 0 saturated heterocycles. The fourth-order valence-electron chi connectivity index (χ4n) is 2.49. The smallest absolute Gasteiger partial charge is 0.495 e. The molecule has 0 fully saturated rings. The molecule has 0 aromatic carbocycles. The molecule has 1 aliphatic heterocycles. The van der Waals surface area contributed by atoms with Crippen molar-refractivity contribution < 1.29 is 19.4 Å². The van der Waals surface area contributed by atoms with Crippen LogP contribution in [0.1, 0.15) is 33.4 Å². The van der Waals surface area contributed by atoms with Crippen LogP contribution >= 0.6 is 0 Å². The Morgan fingerprint density at radius 3 is 2.38 bits per heavy atom. The largest absolute Gasteiger partial charge is 0.618 e. The topological polar surface area (TPSA) is 80.6 Å². The van der Waals surface area contributed by atoms with Gasteiger partial charge in [0.25, 0.3) is 0 Å². The summed E-state index contributed by atoms with van der Waals surface area (Å²) in [5.74, 6) is 0. The molecule has 1 aromatic rings. The van der Waals surface area contributed by atoms with E-state index in [1.165, 1.54) is 0 Å². The van der Waals surface area contributed by atoms with Gasteiger partial charge in [0, 0.05) is 6.20 Å². The van der Waals surface area contributed by atoms with Crippen LogP contribution in [0.2, 0.25) is 0 Å². The van der Waals surface area contributed by atoms with Crippen molar-refractivity contribution in [2.24, 2.45) is 0 Å². The summed E-state index contributed by atoms with van der Waals surface area (Å²) < 4.78 is 11.3. The molecular formula is C14H20N3O4. The van der Waals surface area contributed by atoms with Crippen LogP contribution in [0.4, 0.5) is 0 Å². The lowest BCUT2D eigenvalue weighted by atomic mass is 9.96. The lowest BCUT2D eigenvalue weighted by molar-refractivity contribution is -0.727. The number of pyridine rings is 1. The van der Waals surface area contributed by atoms with Crippen LogP contribution in [-0.2, 0) is 14.7 Å². The fraction of sp³-hybridized carbons (Fsp3) is 0.571. The van der Waals surface area contributed by atoms with Gasteiger partial charge in [-0.3, -0.25) is 14.5 Å². The summed E-state index contributed by atoms with van der Waals surface area (Å²) in [6.07, 6.45) is 1.57. The van der Waals surface area contributed by atoms with Gasteiger partial charge in [0.1, 0.15) is 11.2 Å². The van der Waals surface area contributed by atoms with Crippen molar-refractivity contribution in [1.82, 2.24) is 10.0 Å². The lowest BCUT2D eigenvalue weighted by Gasteiger charge is -2.31. The molecule has 2 rings (SSSR count). The Morgan fingerprint density at radius 1 is 1.29 bits per heavy atom. The third-order valence-corrected chi connectivity index (χ3v) is 3.38. The third kappa shape index (κ3) is 2.32. The van der Waals surface area contributed by atoms with Crippen molar-refractivity contribution in [1.29, 1.82) is 0 Å². The number of rotatable bonds is 5. The van der Waals surface area contributed by atoms with E-state index in [0.29, 0.717) is 15.5 Å². The monoisotopic (exact) mass is 294 g/mol. The Bertz CT molecular complexity index is 524. The predicted molar refractivity (Wildman–Crippen MR) is 74.6 cm³/mol. The van der Waals surface area contributed by atoms with E-state index in [4.69, 9.17) is 9.47 Å². The summed E-state index contributed by atoms with van der Waals surface area (Å²) in [5, 5.41) is 26.0. The first-order valence-corrected chi connectivity index (χ1v) is 6.93. The molecule has 7 nitrogen and oxygen atoms in total. The van der Waals surface area contributed by atoms with Gasteiger partial charge >= 0.3 is 6.03 Å². The standard InChI is InChI=1S/C14H20N3O4/c1-5-20-14(21-6-2)16(18)12(13(3,4)17(14)19)11-9-7-8-10-15-11/h7-10H,5-6H2,1-4H3. The quantitative estimate of drug-likeness (QED) is 0.467. The first-order valence-electron chi connectivity index (χ1n) is 6.93. The molecule has 1 aromatic heterocycles. The summed E-state index contributed by atoms with van der Waals surface area (Å²) in [6, 6.07) is 3.19. The van der Waals surface area contributed by atoms with E-state index in [-0.39, 0.29) is 18.9 Å². The van der Waals surface area contributed by atoms with Crippen molar-refractivity contribution in [3.05, 3.63) is 35.3 Å². The molecule has 0 saturated carbocycles. The first-order chi connectivity index (χ1) is 9.91. The van der Waals surface area contributed by atoms with Gasteiger partial charge in [0.05, 0.1) is 13.2 Å². The minimum atomic E-state index is -2.00. The van der Waals surface area contributed by atoms with Gasteiger partial charge in [-0.2, -0.15) is 0 Å². The molecule has 0 unspecified atom stereocenters. The van der Waals surface area contributed by atoms with Crippen LogP contribution in [0.3, 0.4) is 0 Å². The van der Waals surface area contributed by atoms with E-state index in [1.54, 1.807) is 52.1 Å². The first kappa shape index (κ1) is 15.8. The molecule has 0 spiro atoms. The molecule has 0 aliphatic carbocycles. The molecule has 0 amide bonds. The number of hydrogen-bond donors (Lipinski definition) is 0. The Kier molecular flexibility index (Phi) is 4.29. The Morgan fingerprint density at radius 2 is 1.90 bits per heavy atom. The zero-order valence-corrected chi connectivity index (χ0v) is 12.7. The number of hydroxylamine groups is 3. The normalized spacial score (nSPS) is 21.0.